The molecule has 2 N–H and O–H groups in total. The van der Waals surface area contributed by atoms with Crippen LogP contribution >= 0.6 is 12.4 Å². The van der Waals surface area contributed by atoms with E-state index in [1.165, 1.54) is 4.90 Å². The molecule has 3 rings (SSSR count). The second-order valence-electron chi connectivity index (χ2n) is 5.16. The summed E-state index contributed by atoms with van der Waals surface area (Å²) in [5.74, 6) is -0.354. The van der Waals surface area contributed by atoms with Gasteiger partial charge in [-0.3, -0.25) is 19.4 Å². The first kappa shape index (κ1) is 15.0. The van der Waals surface area contributed by atoms with Crippen molar-refractivity contribution in [2.24, 2.45) is 5.73 Å². The first-order valence-corrected chi connectivity index (χ1v) is 6.60. The molecule has 1 aromatic carbocycles. The highest BCUT2D eigenvalue weighted by Crippen LogP contribution is 2.22. The Morgan fingerprint density at radius 2 is 1.70 bits per heavy atom. The number of benzene rings is 1. The summed E-state index contributed by atoms with van der Waals surface area (Å²) in [5, 5.41) is 0. The van der Waals surface area contributed by atoms with Crippen LogP contribution in [0.2, 0.25) is 0 Å². The summed E-state index contributed by atoms with van der Waals surface area (Å²) in [6.45, 7) is 2.95. The van der Waals surface area contributed by atoms with E-state index in [-0.39, 0.29) is 30.3 Å². The maximum Gasteiger partial charge on any atom is 0.261 e. The van der Waals surface area contributed by atoms with Crippen LogP contribution in [0, 0.1) is 0 Å². The number of hydrogen-bond acceptors (Lipinski definition) is 4. The summed E-state index contributed by atoms with van der Waals surface area (Å²) in [5.41, 5.74) is 6.88. The highest BCUT2D eigenvalue weighted by Gasteiger charge is 2.35. The quantitative estimate of drug-likeness (QED) is 0.835. The van der Waals surface area contributed by atoms with Crippen molar-refractivity contribution in [2.45, 2.75) is 12.5 Å². The van der Waals surface area contributed by atoms with Crippen LogP contribution in [-0.2, 0) is 0 Å². The lowest BCUT2D eigenvalue weighted by Gasteiger charge is -2.19. The summed E-state index contributed by atoms with van der Waals surface area (Å²) in [6, 6.07) is 7.21. The summed E-state index contributed by atoms with van der Waals surface area (Å²) in [7, 11) is 0. The molecule has 0 aromatic heterocycles. The van der Waals surface area contributed by atoms with Gasteiger partial charge in [0.1, 0.15) is 0 Å². The second-order valence-corrected chi connectivity index (χ2v) is 5.16. The van der Waals surface area contributed by atoms with E-state index in [0.717, 1.165) is 19.5 Å². The van der Waals surface area contributed by atoms with Gasteiger partial charge in [-0.05, 0) is 25.1 Å². The molecular formula is C14H18ClN3O2. The summed E-state index contributed by atoms with van der Waals surface area (Å²) in [6.07, 6.45) is 0.988. The number of likely N-dealkylation sites (tertiary alicyclic amines) is 1. The lowest BCUT2D eigenvalue weighted by molar-refractivity contribution is 0.0640. The van der Waals surface area contributed by atoms with Crippen molar-refractivity contribution in [3.05, 3.63) is 35.4 Å². The fourth-order valence-electron chi connectivity index (χ4n) is 2.75. The lowest BCUT2D eigenvalue weighted by Crippen LogP contribution is -2.38. The monoisotopic (exact) mass is 295 g/mol. The van der Waals surface area contributed by atoms with Gasteiger partial charge in [0, 0.05) is 25.7 Å². The maximum atomic E-state index is 12.1. The molecule has 2 heterocycles. The Kier molecular flexibility index (Phi) is 4.42. The van der Waals surface area contributed by atoms with Crippen molar-refractivity contribution in [3.63, 3.8) is 0 Å². The minimum Gasteiger partial charge on any atom is -0.326 e. The standard InChI is InChI=1S/C14H17N3O2.ClH/c15-10-5-6-16(9-10)7-8-17-13(18)11-3-1-2-4-12(11)14(17)19;/h1-4,10H,5-9,15H2;1H/t10-;/m1./s1. The van der Waals surface area contributed by atoms with Crippen molar-refractivity contribution in [3.8, 4) is 0 Å². The Morgan fingerprint density at radius 1 is 1.10 bits per heavy atom. The van der Waals surface area contributed by atoms with E-state index in [1.807, 2.05) is 0 Å². The van der Waals surface area contributed by atoms with Gasteiger partial charge in [-0.1, -0.05) is 12.1 Å². The van der Waals surface area contributed by atoms with Crippen molar-refractivity contribution >= 4 is 24.2 Å². The third-order valence-electron chi connectivity index (χ3n) is 3.83. The number of carbonyl (C=O) groups excluding carboxylic acids is 2. The number of halogens is 1. The Bertz CT molecular complexity index is 500. The Morgan fingerprint density at radius 3 is 2.20 bits per heavy atom. The van der Waals surface area contributed by atoms with Crippen LogP contribution in [0.5, 0.6) is 0 Å². The third kappa shape index (κ3) is 2.57. The van der Waals surface area contributed by atoms with E-state index in [1.54, 1.807) is 24.3 Å². The van der Waals surface area contributed by atoms with E-state index in [4.69, 9.17) is 5.73 Å². The van der Waals surface area contributed by atoms with Crippen LogP contribution in [0.15, 0.2) is 24.3 Å². The molecule has 2 aliphatic heterocycles. The van der Waals surface area contributed by atoms with Crippen LogP contribution < -0.4 is 5.73 Å². The smallest absolute Gasteiger partial charge is 0.261 e. The second kappa shape index (κ2) is 5.91. The molecule has 0 aliphatic carbocycles. The number of rotatable bonds is 3. The van der Waals surface area contributed by atoms with Crippen molar-refractivity contribution in [1.29, 1.82) is 0 Å². The van der Waals surface area contributed by atoms with E-state index in [0.29, 0.717) is 24.2 Å². The van der Waals surface area contributed by atoms with Gasteiger partial charge in [0.2, 0.25) is 0 Å². The van der Waals surface area contributed by atoms with Gasteiger partial charge in [-0.25, -0.2) is 0 Å². The molecule has 0 radical (unpaired) electrons. The highest BCUT2D eigenvalue weighted by atomic mass is 35.5. The average molecular weight is 296 g/mol. The number of fused-ring (bicyclic) bond motifs is 1. The summed E-state index contributed by atoms with van der Waals surface area (Å²) < 4.78 is 0. The molecule has 1 atom stereocenters. The molecule has 1 aromatic rings. The van der Waals surface area contributed by atoms with Gasteiger partial charge in [-0.15, -0.1) is 12.4 Å². The third-order valence-corrected chi connectivity index (χ3v) is 3.83. The predicted octanol–water partition coefficient (Wildman–Crippen LogP) is 0.737. The van der Waals surface area contributed by atoms with Gasteiger partial charge < -0.3 is 5.73 Å². The van der Waals surface area contributed by atoms with E-state index in [9.17, 15) is 9.59 Å². The summed E-state index contributed by atoms with van der Waals surface area (Å²) in [4.78, 5) is 27.8. The van der Waals surface area contributed by atoms with Gasteiger partial charge in [-0.2, -0.15) is 0 Å². The highest BCUT2D eigenvalue weighted by molar-refractivity contribution is 6.21. The zero-order valence-electron chi connectivity index (χ0n) is 11.1. The molecular weight excluding hydrogens is 278 g/mol. The van der Waals surface area contributed by atoms with Crippen LogP contribution in [-0.4, -0.2) is 53.8 Å². The fraction of sp³-hybridized carbons (Fsp3) is 0.429. The Labute approximate surface area is 124 Å². The Hall–Kier alpha value is -1.43. The predicted molar refractivity (Wildman–Crippen MR) is 78.1 cm³/mol. The molecule has 6 heteroatoms. The molecule has 1 fully saturated rings. The van der Waals surface area contributed by atoms with E-state index < -0.39 is 0 Å². The number of nitrogens with two attached hydrogens (primary N) is 1. The van der Waals surface area contributed by atoms with Crippen LogP contribution in [0.4, 0.5) is 0 Å². The molecule has 2 aliphatic rings. The molecule has 2 amide bonds. The SMILES string of the molecule is Cl.N[C@@H]1CCN(CCN2C(=O)c3ccccc3C2=O)C1. The number of imide groups is 1. The molecule has 0 unspecified atom stereocenters. The number of carbonyl (C=O) groups is 2. The molecule has 20 heavy (non-hydrogen) atoms. The fourth-order valence-corrected chi connectivity index (χ4v) is 2.75. The molecule has 108 valence electrons. The van der Waals surface area contributed by atoms with Gasteiger partial charge >= 0.3 is 0 Å². The Balaban J connectivity index is 0.00000147. The van der Waals surface area contributed by atoms with Crippen molar-refractivity contribution in [1.82, 2.24) is 9.80 Å². The molecule has 0 bridgehead atoms. The topological polar surface area (TPSA) is 66.6 Å². The van der Waals surface area contributed by atoms with Gasteiger partial charge in [0.25, 0.3) is 11.8 Å². The minimum absolute atomic E-state index is 0. The van der Waals surface area contributed by atoms with Crippen LogP contribution in [0.25, 0.3) is 0 Å². The van der Waals surface area contributed by atoms with Gasteiger partial charge in [0.05, 0.1) is 11.1 Å². The van der Waals surface area contributed by atoms with Crippen LogP contribution in [0.3, 0.4) is 0 Å². The number of amides is 2. The van der Waals surface area contributed by atoms with Crippen molar-refractivity contribution in [2.75, 3.05) is 26.2 Å². The zero-order valence-corrected chi connectivity index (χ0v) is 11.9. The number of hydrogen-bond donors (Lipinski definition) is 1. The van der Waals surface area contributed by atoms with E-state index >= 15 is 0 Å². The molecule has 0 saturated carbocycles. The largest absolute Gasteiger partial charge is 0.326 e. The first-order chi connectivity index (χ1) is 9.16. The van der Waals surface area contributed by atoms with Gasteiger partial charge in [0.15, 0.2) is 0 Å². The maximum absolute atomic E-state index is 12.1. The zero-order chi connectivity index (χ0) is 13.4. The minimum atomic E-state index is -0.177. The van der Waals surface area contributed by atoms with E-state index in [2.05, 4.69) is 4.90 Å². The molecule has 0 spiro atoms. The molecule has 5 nitrogen and oxygen atoms in total. The first-order valence-electron chi connectivity index (χ1n) is 6.60. The molecule has 1 saturated heterocycles. The van der Waals surface area contributed by atoms with Crippen molar-refractivity contribution < 1.29 is 9.59 Å². The average Bonchev–Trinajstić information content (AvgIpc) is 2.93. The van der Waals surface area contributed by atoms with Crippen LogP contribution in [0.1, 0.15) is 27.1 Å². The normalized spacial score (nSPS) is 22.1. The summed E-state index contributed by atoms with van der Waals surface area (Å²) >= 11 is 0. The number of nitrogens with zero attached hydrogens (tertiary/aromatic N) is 2. The lowest BCUT2D eigenvalue weighted by atomic mass is 10.1.